The van der Waals surface area contributed by atoms with Gasteiger partial charge in [0, 0.05) is 10.6 Å². The summed E-state index contributed by atoms with van der Waals surface area (Å²) in [4.78, 5) is 12.2. The molecular formula is C18H14Cl2N4O2. The van der Waals surface area contributed by atoms with Crippen molar-refractivity contribution in [3.8, 4) is 5.75 Å². The Morgan fingerprint density at radius 3 is 2.27 bits per heavy atom. The summed E-state index contributed by atoms with van der Waals surface area (Å²) >= 11 is 12.0. The zero-order chi connectivity index (χ0) is 18.5. The highest BCUT2D eigenvalue weighted by atomic mass is 35.5. The fraction of sp³-hybridized carbons (Fsp3) is 0.0556. The van der Waals surface area contributed by atoms with Crippen LogP contribution >= 0.6 is 23.2 Å². The number of halogens is 2. The quantitative estimate of drug-likeness (QED) is 0.656. The molecule has 0 fully saturated rings. The first-order chi connectivity index (χ1) is 12.5. The first kappa shape index (κ1) is 18.0. The lowest BCUT2D eigenvalue weighted by Gasteiger charge is -2.08. The minimum atomic E-state index is -0.289. The summed E-state index contributed by atoms with van der Waals surface area (Å²) in [6.07, 6.45) is 0. The van der Waals surface area contributed by atoms with E-state index in [0.717, 1.165) is 0 Å². The molecule has 0 aliphatic rings. The Hall–Kier alpha value is -2.83. The number of rotatable bonds is 5. The smallest absolute Gasteiger partial charge is 0.256 e. The van der Waals surface area contributed by atoms with Crippen molar-refractivity contribution in [1.82, 2.24) is 10.2 Å². The molecule has 0 saturated carbocycles. The van der Waals surface area contributed by atoms with Crippen molar-refractivity contribution < 1.29 is 9.53 Å². The number of nitrogens with one attached hydrogen (secondary N) is 2. The number of hydrogen-bond donors (Lipinski definition) is 2. The predicted molar refractivity (Wildman–Crippen MR) is 103 cm³/mol. The zero-order valence-corrected chi connectivity index (χ0v) is 15.2. The lowest BCUT2D eigenvalue weighted by molar-refractivity contribution is 0.102. The van der Waals surface area contributed by atoms with Crippen molar-refractivity contribution >= 4 is 46.4 Å². The number of carbonyl (C=O) groups excluding carboxylic acids is 1. The van der Waals surface area contributed by atoms with E-state index in [1.165, 1.54) is 0 Å². The van der Waals surface area contributed by atoms with Crippen LogP contribution in [0.25, 0.3) is 0 Å². The van der Waals surface area contributed by atoms with E-state index in [4.69, 9.17) is 27.9 Å². The summed E-state index contributed by atoms with van der Waals surface area (Å²) in [7, 11) is 1.57. The van der Waals surface area contributed by atoms with E-state index in [9.17, 15) is 4.79 Å². The monoisotopic (exact) mass is 388 g/mol. The summed E-state index contributed by atoms with van der Waals surface area (Å²) in [5.41, 5.74) is 1.14. The lowest BCUT2D eigenvalue weighted by Crippen LogP contribution is -2.13. The second-order valence-corrected chi connectivity index (χ2v) is 6.08. The minimum absolute atomic E-state index is 0.289. The van der Waals surface area contributed by atoms with Crippen LogP contribution in [0, 0.1) is 0 Å². The van der Waals surface area contributed by atoms with Gasteiger partial charge in [-0.25, -0.2) is 0 Å². The summed E-state index contributed by atoms with van der Waals surface area (Å²) in [5.74, 6) is 1.20. The Kier molecular flexibility index (Phi) is 5.55. The Morgan fingerprint density at radius 1 is 0.962 bits per heavy atom. The Balaban J connectivity index is 1.66. The molecule has 8 heteroatoms. The third-order valence-electron chi connectivity index (χ3n) is 3.45. The van der Waals surface area contributed by atoms with Gasteiger partial charge in [-0.15, -0.1) is 10.2 Å². The van der Waals surface area contributed by atoms with Crippen LogP contribution in [0.1, 0.15) is 10.4 Å². The molecule has 132 valence electrons. The van der Waals surface area contributed by atoms with Gasteiger partial charge in [-0.3, -0.25) is 4.79 Å². The molecule has 0 radical (unpaired) electrons. The molecule has 0 atom stereocenters. The molecule has 0 bridgehead atoms. The maximum Gasteiger partial charge on any atom is 0.256 e. The van der Waals surface area contributed by atoms with Gasteiger partial charge in [-0.1, -0.05) is 23.2 Å². The molecule has 2 N–H and O–H groups in total. The highest BCUT2D eigenvalue weighted by molar-refractivity contribution is 6.36. The number of anilines is 3. The van der Waals surface area contributed by atoms with Gasteiger partial charge in [0.1, 0.15) is 5.75 Å². The summed E-state index contributed by atoms with van der Waals surface area (Å²) in [5, 5.41) is 14.7. The Morgan fingerprint density at radius 2 is 1.65 bits per heavy atom. The average Bonchev–Trinajstić information content (AvgIpc) is 2.65. The Labute approximate surface area is 160 Å². The van der Waals surface area contributed by atoms with E-state index < -0.39 is 0 Å². The van der Waals surface area contributed by atoms with Crippen LogP contribution in [0.2, 0.25) is 10.0 Å². The highest BCUT2D eigenvalue weighted by Gasteiger charge is 2.08. The van der Waals surface area contributed by atoms with Crippen molar-refractivity contribution in [1.29, 1.82) is 0 Å². The van der Waals surface area contributed by atoms with Gasteiger partial charge in [0.05, 0.1) is 17.8 Å². The molecule has 0 unspecified atom stereocenters. The molecule has 3 aromatic rings. The molecule has 1 amide bonds. The maximum absolute atomic E-state index is 12.2. The lowest BCUT2D eigenvalue weighted by atomic mass is 10.2. The van der Waals surface area contributed by atoms with Gasteiger partial charge in [-0.2, -0.15) is 0 Å². The molecule has 3 rings (SSSR count). The number of aromatic nitrogens is 2. The van der Waals surface area contributed by atoms with Crippen LogP contribution in [0.15, 0.2) is 54.6 Å². The SMILES string of the molecule is COc1ccc(C(=O)Nc2ccc(Nc3ccc(Cl)cc3Cl)nn2)cc1. The van der Waals surface area contributed by atoms with Crippen LogP contribution in [0.4, 0.5) is 17.3 Å². The van der Waals surface area contributed by atoms with Gasteiger partial charge in [0.25, 0.3) is 5.91 Å². The third kappa shape index (κ3) is 4.41. The zero-order valence-electron chi connectivity index (χ0n) is 13.7. The van der Waals surface area contributed by atoms with E-state index in [1.54, 1.807) is 61.7 Å². The number of ether oxygens (including phenoxy) is 1. The molecule has 2 aromatic carbocycles. The van der Waals surface area contributed by atoms with E-state index in [1.807, 2.05) is 0 Å². The summed E-state index contributed by atoms with van der Waals surface area (Å²) < 4.78 is 5.07. The molecule has 0 aliphatic carbocycles. The number of methoxy groups -OCH3 is 1. The minimum Gasteiger partial charge on any atom is -0.497 e. The number of hydrogen-bond acceptors (Lipinski definition) is 5. The fourth-order valence-electron chi connectivity index (χ4n) is 2.13. The van der Waals surface area contributed by atoms with Gasteiger partial charge in [0.15, 0.2) is 11.6 Å². The molecule has 0 aliphatic heterocycles. The molecule has 6 nitrogen and oxygen atoms in total. The second kappa shape index (κ2) is 8.03. The molecule has 0 spiro atoms. The number of carbonyl (C=O) groups is 1. The van der Waals surface area contributed by atoms with Gasteiger partial charge in [0.2, 0.25) is 0 Å². The van der Waals surface area contributed by atoms with Gasteiger partial charge in [-0.05, 0) is 54.6 Å². The normalized spacial score (nSPS) is 10.3. The van der Waals surface area contributed by atoms with Crippen molar-refractivity contribution in [2.24, 2.45) is 0 Å². The number of nitrogens with zero attached hydrogens (tertiary/aromatic N) is 2. The molecule has 1 aromatic heterocycles. The molecule has 26 heavy (non-hydrogen) atoms. The first-order valence-corrected chi connectivity index (χ1v) is 8.32. The number of amides is 1. The Bertz CT molecular complexity index is 915. The number of benzene rings is 2. The van der Waals surface area contributed by atoms with E-state index in [0.29, 0.717) is 38.7 Å². The second-order valence-electron chi connectivity index (χ2n) is 5.24. The maximum atomic E-state index is 12.2. The van der Waals surface area contributed by atoms with Crippen molar-refractivity contribution in [2.75, 3.05) is 17.7 Å². The van der Waals surface area contributed by atoms with Crippen molar-refractivity contribution in [2.45, 2.75) is 0 Å². The van der Waals surface area contributed by atoms with Crippen molar-refractivity contribution in [3.63, 3.8) is 0 Å². The van der Waals surface area contributed by atoms with E-state index in [-0.39, 0.29) is 5.91 Å². The standard InChI is InChI=1S/C18H14Cl2N4O2/c1-26-13-5-2-11(3-6-13)18(25)22-17-9-8-16(23-24-17)21-15-7-4-12(19)10-14(15)20/h2-10H,1H3,(H,21,23)(H,22,24,25). The van der Waals surface area contributed by atoms with Crippen LogP contribution in [-0.4, -0.2) is 23.2 Å². The first-order valence-electron chi connectivity index (χ1n) is 7.56. The van der Waals surface area contributed by atoms with Gasteiger partial charge < -0.3 is 15.4 Å². The van der Waals surface area contributed by atoms with E-state index >= 15 is 0 Å². The van der Waals surface area contributed by atoms with Crippen LogP contribution in [-0.2, 0) is 0 Å². The molecule has 1 heterocycles. The van der Waals surface area contributed by atoms with Gasteiger partial charge >= 0.3 is 0 Å². The fourth-order valence-corrected chi connectivity index (χ4v) is 2.58. The molecule has 0 saturated heterocycles. The van der Waals surface area contributed by atoms with Crippen LogP contribution in [0.3, 0.4) is 0 Å². The molecular weight excluding hydrogens is 375 g/mol. The largest absolute Gasteiger partial charge is 0.497 e. The van der Waals surface area contributed by atoms with Crippen molar-refractivity contribution in [3.05, 3.63) is 70.2 Å². The van der Waals surface area contributed by atoms with Crippen LogP contribution < -0.4 is 15.4 Å². The summed E-state index contributed by atoms with van der Waals surface area (Å²) in [6.45, 7) is 0. The highest BCUT2D eigenvalue weighted by Crippen LogP contribution is 2.27. The predicted octanol–water partition coefficient (Wildman–Crippen LogP) is 4.79. The third-order valence-corrected chi connectivity index (χ3v) is 4.00. The van der Waals surface area contributed by atoms with E-state index in [2.05, 4.69) is 20.8 Å². The van der Waals surface area contributed by atoms with Crippen LogP contribution in [0.5, 0.6) is 5.75 Å². The topological polar surface area (TPSA) is 76.1 Å². The average molecular weight is 389 g/mol. The summed E-state index contributed by atoms with van der Waals surface area (Å²) in [6, 6.07) is 15.2.